The third-order valence-corrected chi connectivity index (χ3v) is 3.67. The van der Waals surface area contributed by atoms with E-state index >= 15 is 0 Å². The number of primary sulfonamides is 1. The molecule has 0 spiro atoms. The zero-order chi connectivity index (χ0) is 14.0. The Morgan fingerprint density at radius 2 is 2.05 bits per heavy atom. The molecule has 0 amide bonds. The van der Waals surface area contributed by atoms with Gasteiger partial charge in [-0.05, 0) is 24.6 Å². The molecule has 19 heavy (non-hydrogen) atoms. The molecule has 1 aromatic heterocycles. The van der Waals surface area contributed by atoms with Gasteiger partial charge in [-0.3, -0.25) is 4.98 Å². The molecule has 100 valence electrons. The van der Waals surface area contributed by atoms with E-state index in [9.17, 15) is 8.42 Å². The smallest absolute Gasteiger partial charge is 0.241 e. The summed E-state index contributed by atoms with van der Waals surface area (Å²) in [5.41, 5.74) is 1.98. The van der Waals surface area contributed by atoms with Crippen LogP contribution in [0.3, 0.4) is 0 Å². The molecule has 0 atom stereocenters. The van der Waals surface area contributed by atoms with Gasteiger partial charge < -0.3 is 5.32 Å². The third-order valence-electron chi connectivity index (χ3n) is 2.46. The fourth-order valence-corrected chi connectivity index (χ4v) is 2.54. The first-order valence-electron chi connectivity index (χ1n) is 5.38. The number of benzene rings is 1. The molecule has 0 aliphatic carbocycles. The molecular weight excluding hydrogens is 286 g/mol. The molecule has 0 bridgehead atoms. The van der Waals surface area contributed by atoms with Crippen LogP contribution in [0.5, 0.6) is 0 Å². The van der Waals surface area contributed by atoms with E-state index in [-0.39, 0.29) is 15.6 Å². The van der Waals surface area contributed by atoms with Gasteiger partial charge in [-0.25, -0.2) is 13.6 Å². The minimum absolute atomic E-state index is 0.137. The molecule has 5 nitrogen and oxygen atoms in total. The number of nitrogens with zero attached hydrogens (tertiary/aromatic N) is 1. The van der Waals surface area contributed by atoms with Crippen molar-refractivity contribution in [3.63, 3.8) is 0 Å². The molecule has 1 heterocycles. The van der Waals surface area contributed by atoms with Crippen molar-refractivity contribution in [3.8, 4) is 0 Å². The third kappa shape index (κ3) is 3.23. The molecule has 0 radical (unpaired) electrons. The van der Waals surface area contributed by atoms with Gasteiger partial charge in [0.25, 0.3) is 0 Å². The first-order chi connectivity index (χ1) is 8.88. The lowest BCUT2D eigenvalue weighted by atomic mass is 10.2. The van der Waals surface area contributed by atoms with E-state index in [2.05, 4.69) is 10.3 Å². The minimum Gasteiger partial charge on any atom is -0.353 e. The van der Waals surface area contributed by atoms with Crippen molar-refractivity contribution in [2.24, 2.45) is 5.14 Å². The van der Waals surface area contributed by atoms with Gasteiger partial charge in [0.1, 0.15) is 4.90 Å². The topological polar surface area (TPSA) is 85.1 Å². The van der Waals surface area contributed by atoms with Gasteiger partial charge in [-0.1, -0.05) is 23.7 Å². The molecule has 1 aromatic carbocycles. The number of aromatic nitrogens is 1. The lowest BCUT2D eigenvalue weighted by Gasteiger charge is -2.12. The number of halogens is 1. The van der Waals surface area contributed by atoms with Crippen molar-refractivity contribution in [1.29, 1.82) is 0 Å². The molecule has 0 aliphatic heterocycles. The van der Waals surface area contributed by atoms with Gasteiger partial charge >= 0.3 is 0 Å². The largest absolute Gasteiger partial charge is 0.353 e. The molecule has 0 fully saturated rings. The van der Waals surface area contributed by atoms with Crippen LogP contribution in [0.1, 0.15) is 5.56 Å². The summed E-state index contributed by atoms with van der Waals surface area (Å²) in [6.45, 7) is 1.93. The van der Waals surface area contributed by atoms with Gasteiger partial charge in [0, 0.05) is 18.1 Å². The number of sulfonamides is 1. The normalized spacial score (nSPS) is 11.3. The van der Waals surface area contributed by atoms with E-state index in [1.807, 2.05) is 25.1 Å². The Morgan fingerprint density at radius 1 is 1.32 bits per heavy atom. The van der Waals surface area contributed by atoms with E-state index in [1.54, 1.807) is 6.07 Å². The average molecular weight is 298 g/mol. The molecule has 0 saturated carbocycles. The summed E-state index contributed by atoms with van der Waals surface area (Å²) in [7, 11) is -3.90. The lowest BCUT2D eigenvalue weighted by Crippen LogP contribution is -2.14. The van der Waals surface area contributed by atoms with Crippen LogP contribution < -0.4 is 10.5 Å². The number of hydrogen-bond donors (Lipinski definition) is 2. The monoisotopic (exact) mass is 297 g/mol. The van der Waals surface area contributed by atoms with E-state index in [4.69, 9.17) is 16.7 Å². The van der Waals surface area contributed by atoms with E-state index < -0.39 is 10.0 Å². The lowest BCUT2D eigenvalue weighted by molar-refractivity contribution is 0.598. The van der Waals surface area contributed by atoms with Crippen LogP contribution >= 0.6 is 11.6 Å². The number of nitrogens with two attached hydrogens (primary N) is 1. The molecule has 7 heteroatoms. The number of rotatable bonds is 3. The van der Waals surface area contributed by atoms with Crippen LogP contribution in [0.2, 0.25) is 5.02 Å². The highest BCUT2D eigenvalue weighted by Crippen LogP contribution is 2.30. The summed E-state index contributed by atoms with van der Waals surface area (Å²) in [6, 6.07) is 7.45. The summed E-state index contributed by atoms with van der Waals surface area (Å²) < 4.78 is 23.0. The number of aryl methyl sites for hydroxylation is 1. The summed E-state index contributed by atoms with van der Waals surface area (Å²) in [4.78, 5) is 3.60. The van der Waals surface area contributed by atoms with Gasteiger partial charge in [-0.15, -0.1) is 0 Å². The number of pyridine rings is 1. The molecular formula is C12H12ClN3O2S. The fraction of sp³-hybridized carbons (Fsp3) is 0.0833. The minimum atomic E-state index is -3.90. The Kier molecular flexibility index (Phi) is 3.75. The van der Waals surface area contributed by atoms with Crippen LogP contribution in [0, 0.1) is 6.92 Å². The number of hydrogen-bond acceptors (Lipinski definition) is 4. The van der Waals surface area contributed by atoms with E-state index in [1.165, 1.54) is 12.4 Å². The summed E-state index contributed by atoms with van der Waals surface area (Å²) >= 11 is 5.98. The Bertz CT molecular complexity index is 717. The van der Waals surface area contributed by atoms with Crippen molar-refractivity contribution < 1.29 is 8.42 Å². The number of anilines is 2. The predicted octanol–water partition coefficient (Wildman–Crippen LogP) is 2.43. The molecule has 3 N–H and O–H groups in total. The van der Waals surface area contributed by atoms with Crippen LogP contribution in [0.25, 0.3) is 0 Å². The Labute approximate surface area is 116 Å². The maximum atomic E-state index is 11.5. The first kappa shape index (κ1) is 13.8. The van der Waals surface area contributed by atoms with Crippen molar-refractivity contribution in [2.75, 3.05) is 5.32 Å². The zero-order valence-electron chi connectivity index (χ0n) is 10.1. The Balaban J connectivity index is 2.51. The van der Waals surface area contributed by atoms with Crippen molar-refractivity contribution in [3.05, 3.63) is 47.2 Å². The Morgan fingerprint density at radius 3 is 2.68 bits per heavy atom. The Hall–Kier alpha value is -1.63. The highest BCUT2D eigenvalue weighted by atomic mass is 35.5. The number of nitrogens with one attached hydrogen (secondary N) is 1. The quantitative estimate of drug-likeness (QED) is 0.911. The van der Waals surface area contributed by atoms with Crippen molar-refractivity contribution in [1.82, 2.24) is 4.98 Å². The van der Waals surface area contributed by atoms with Crippen molar-refractivity contribution >= 4 is 33.0 Å². The fourth-order valence-electron chi connectivity index (χ4n) is 1.62. The molecule has 0 aliphatic rings. The van der Waals surface area contributed by atoms with Crippen LogP contribution in [0.15, 0.2) is 41.6 Å². The summed E-state index contributed by atoms with van der Waals surface area (Å²) in [5, 5.41) is 8.29. The van der Waals surface area contributed by atoms with Crippen LogP contribution in [-0.2, 0) is 10.0 Å². The van der Waals surface area contributed by atoms with Crippen LogP contribution in [0.4, 0.5) is 11.4 Å². The second kappa shape index (κ2) is 5.16. The predicted molar refractivity (Wildman–Crippen MR) is 75.1 cm³/mol. The van der Waals surface area contributed by atoms with Crippen LogP contribution in [-0.4, -0.2) is 13.4 Å². The highest BCUT2D eigenvalue weighted by molar-refractivity contribution is 7.89. The molecule has 0 unspecified atom stereocenters. The zero-order valence-corrected chi connectivity index (χ0v) is 11.7. The van der Waals surface area contributed by atoms with Gasteiger partial charge in [0.2, 0.25) is 10.0 Å². The second-order valence-electron chi connectivity index (χ2n) is 4.03. The summed E-state index contributed by atoms with van der Waals surface area (Å²) in [5.74, 6) is 0. The maximum Gasteiger partial charge on any atom is 0.241 e. The molecule has 2 aromatic rings. The summed E-state index contributed by atoms with van der Waals surface area (Å²) in [6.07, 6.45) is 2.52. The van der Waals surface area contributed by atoms with Gasteiger partial charge in [-0.2, -0.15) is 0 Å². The molecule has 2 rings (SSSR count). The van der Waals surface area contributed by atoms with E-state index in [0.717, 1.165) is 11.3 Å². The maximum absolute atomic E-state index is 11.5. The second-order valence-corrected chi connectivity index (χ2v) is 5.97. The average Bonchev–Trinajstić information content (AvgIpc) is 2.30. The van der Waals surface area contributed by atoms with Gasteiger partial charge in [0.05, 0.1) is 10.7 Å². The van der Waals surface area contributed by atoms with Gasteiger partial charge in [0.15, 0.2) is 0 Å². The highest BCUT2D eigenvalue weighted by Gasteiger charge is 2.17. The van der Waals surface area contributed by atoms with Crippen molar-refractivity contribution in [2.45, 2.75) is 11.8 Å². The van der Waals surface area contributed by atoms with E-state index in [0.29, 0.717) is 0 Å². The molecule has 0 saturated heterocycles. The first-order valence-corrected chi connectivity index (χ1v) is 7.30. The SMILES string of the molecule is Cc1cccc(Nc2c(Cl)cncc2S(N)(=O)=O)c1. The standard InChI is InChI=1S/C12H12ClN3O2S/c1-8-3-2-4-9(5-8)16-12-10(13)6-15-7-11(12)19(14,17)18/h2-7H,1H3,(H,15,16)(H2,14,17,18).